The summed E-state index contributed by atoms with van der Waals surface area (Å²) in [7, 11) is -2.92. The Hall–Kier alpha value is -1.15. The predicted molar refractivity (Wildman–Crippen MR) is 73.5 cm³/mol. The number of carbonyl (C=O) groups excluding carboxylic acids is 1. The number of hydrogen-bond donors (Lipinski definition) is 1. The smallest absolute Gasteiger partial charge is 0.358 e. The van der Waals surface area contributed by atoms with Gasteiger partial charge in [0.05, 0.1) is 18.1 Å². The number of rotatable bonds is 4. The zero-order valence-electron chi connectivity index (χ0n) is 10.8. The van der Waals surface area contributed by atoms with Crippen LogP contribution in [0.1, 0.15) is 28.7 Å². The molecule has 0 amide bonds. The first-order valence-electron chi connectivity index (χ1n) is 6.03. The second-order valence-electron chi connectivity index (χ2n) is 4.39. The molecule has 1 N–H and O–H groups in total. The van der Waals surface area contributed by atoms with Crippen molar-refractivity contribution in [2.75, 3.05) is 23.4 Å². The molecule has 1 saturated heterocycles. The lowest BCUT2D eigenvalue weighted by molar-refractivity contribution is 0.0519. The molecule has 1 aliphatic heterocycles. The largest absolute Gasteiger partial charge is 0.461 e. The zero-order chi connectivity index (χ0) is 14.0. The van der Waals surface area contributed by atoms with Gasteiger partial charge in [-0.15, -0.1) is 11.3 Å². The van der Waals surface area contributed by atoms with E-state index < -0.39 is 15.8 Å². The summed E-state index contributed by atoms with van der Waals surface area (Å²) in [5.41, 5.74) is 0.301. The Morgan fingerprint density at radius 2 is 2.32 bits per heavy atom. The van der Waals surface area contributed by atoms with Crippen LogP contribution in [0, 0.1) is 6.92 Å². The molecule has 1 atom stereocenters. The average Bonchev–Trinajstić information content (AvgIpc) is 2.83. The number of sulfone groups is 1. The fourth-order valence-corrected chi connectivity index (χ4v) is 4.48. The number of aryl methyl sites for hydroxylation is 1. The van der Waals surface area contributed by atoms with Gasteiger partial charge in [-0.2, -0.15) is 0 Å². The van der Waals surface area contributed by atoms with Crippen LogP contribution in [-0.4, -0.2) is 43.5 Å². The van der Waals surface area contributed by atoms with Gasteiger partial charge in [0.25, 0.3) is 0 Å². The molecule has 8 heteroatoms. The molecule has 1 fully saturated rings. The van der Waals surface area contributed by atoms with Crippen LogP contribution in [0.3, 0.4) is 0 Å². The van der Waals surface area contributed by atoms with Crippen LogP contribution in [0.4, 0.5) is 5.13 Å². The zero-order valence-corrected chi connectivity index (χ0v) is 12.4. The van der Waals surface area contributed by atoms with Gasteiger partial charge in [0.2, 0.25) is 0 Å². The number of hydrogen-bond acceptors (Lipinski definition) is 7. The van der Waals surface area contributed by atoms with Crippen LogP contribution in [0.2, 0.25) is 0 Å². The number of nitrogens with zero attached hydrogens (tertiary/aromatic N) is 1. The first-order chi connectivity index (χ1) is 8.91. The first kappa shape index (κ1) is 14.3. The van der Waals surface area contributed by atoms with Crippen molar-refractivity contribution in [1.82, 2.24) is 4.98 Å². The van der Waals surface area contributed by atoms with E-state index in [1.54, 1.807) is 13.8 Å². The fraction of sp³-hybridized carbons (Fsp3) is 0.636. The van der Waals surface area contributed by atoms with Crippen molar-refractivity contribution in [3.63, 3.8) is 0 Å². The van der Waals surface area contributed by atoms with Gasteiger partial charge >= 0.3 is 5.97 Å². The molecule has 0 bridgehead atoms. The van der Waals surface area contributed by atoms with E-state index in [9.17, 15) is 13.2 Å². The number of thiazole rings is 1. The lowest BCUT2D eigenvalue weighted by Crippen LogP contribution is -2.20. The van der Waals surface area contributed by atoms with E-state index in [0.29, 0.717) is 23.9 Å². The summed E-state index contributed by atoms with van der Waals surface area (Å²) in [6.45, 7) is 3.84. The van der Waals surface area contributed by atoms with E-state index in [2.05, 4.69) is 10.3 Å². The van der Waals surface area contributed by atoms with Crippen LogP contribution in [0.15, 0.2) is 0 Å². The van der Waals surface area contributed by atoms with Crippen LogP contribution in [0.25, 0.3) is 0 Å². The van der Waals surface area contributed by atoms with E-state index in [4.69, 9.17) is 4.74 Å². The topological polar surface area (TPSA) is 85.4 Å². The average molecular weight is 304 g/mol. The Bertz CT molecular complexity index is 580. The molecule has 6 nitrogen and oxygen atoms in total. The van der Waals surface area contributed by atoms with Gasteiger partial charge in [-0.25, -0.2) is 18.2 Å². The van der Waals surface area contributed by atoms with Crippen molar-refractivity contribution in [3.8, 4) is 0 Å². The monoisotopic (exact) mass is 304 g/mol. The summed E-state index contributed by atoms with van der Waals surface area (Å²) in [4.78, 5) is 16.6. The maximum absolute atomic E-state index is 11.6. The number of carbonyl (C=O) groups is 1. The molecule has 1 aromatic heterocycles. The molecule has 0 aliphatic carbocycles. The van der Waals surface area contributed by atoms with Crippen LogP contribution < -0.4 is 5.32 Å². The molecule has 1 aliphatic rings. The standard InChI is InChI=1S/C11H16N2O4S2/c1-3-17-10(14)9-7(2)18-11(13-9)12-8-4-5-19(15,16)6-8/h8H,3-6H2,1-2H3,(H,12,13). The molecule has 0 radical (unpaired) electrons. The van der Waals surface area contributed by atoms with E-state index in [1.165, 1.54) is 11.3 Å². The Labute approximate surface area is 116 Å². The predicted octanol–water partition coefficient (Wildman–Crippen LogP) is 1.23. The third kappa shape index (κ3) is 3.44. The van der Waals surface area contributed by atoms with Crippen molar-refractivity contribution in [2.24, 2.45) is 0 Å². The van der Waals surface area contributed by atoms with Crippen LogP contribution >= 0.6 is 11.3 Å². The summed E-state index contributed by atoms with van der Waals surface area (Å²) < 4.78 is 27.6. The van der Waals surface area contributed by atoms with Crippen molar-refractivity contribution in [1.29, 1.82) is 0 Å². The summed E-state index contributed by atoms with van der Waals surface area (Å²) in [6, 6.07) is -0.120. The fourth-order valence-electron chi connectivity index (χ4n) is 1.93. The molecule has 19 heavy (non-hydrogen) atoms. The molecular weight excluding hydrogens is 288 g/mol. The highest BCUT2D eigenvalue weighted by Crippen LogP contribution is 2.25. The number of esters is 1. The molecule has 0 aromatic carbocycles. The number of aromatic nitrogens is 1. The third-order valence-electron chi connectivity index (χ3n) is 2.83. The van der Waals surface area contributed by atoms with E-state index in [0.717, 1.165) is 4.88 Å². The number of nitrogens with one attached hydrogen (secondary N) is 1. The van der Waals surface area contributed by atoms with Crippen molar-refractivity contribution in [3.05, 3.63) is 10.6 Å². The first-order valence-corrected chi connectivity index (χ1v) is 8.66. The summed E-state index contributed by atoms with van der Waals surface area (Å²) in [6.07, 6.45) is 0.579. The van der Waals surface area contributed by atoms with E-state index >= 15 is 0 Å². The van der Waals surface area contributed by atoms with Gasteiger partial charge in [0.1, 0.15) is 0 Å². The SMILES string of the molecule is CCOC(=O)c1nc(NC2CCS(=O)(=O)C2)sc1C. The molecule has 2 rings (SSSR count). The lowest BCUT2D eigenvalue weighted by atomic mass is 10.3. The van der Waals surface area contributed by atoms with Gasteiger partial charge in [-0.1, -0.05) is 0 Å². The molecule has 1 aromatic rings. The third-order valence-corrected chi connectivity index (χ3v) is 5.50. The second-order valence-corrected chi connectivity index (χ2v) is 7.82. The minimum Gasteiger partial charge on any atom is -0.461 e. The van der Waals surface area contributed by atoms with Crippen molar-refractivity contribution in [2.45, 2.75) is 26.3 Å². The Morgan fingerprint density at radius 3 is 2.89 bits per heavy atom. The Kier molecular flexibility index (Phi) is 4.10. The minimum atomic E-state index is -2.92. The van der Waals surface area contributed by atoms with Gasteiger partial charge in [-0.3, -0.25) is 0 Å². The molecular formula is C11H16N2O4S2. The summed E-state index contributed by atoms with van der Waals surface area (Å²) >= 11 is 1.34. The minimum absolute atomic E-state index is 0.120. The summed E-state index contributed by atoms with van der Waals surface area (Å²) in [5, 5.41) is 3.65. The maximum atomic E-state index is 11.6. The normalized spacial score (nSPS) is 21.3. The van der Waals surface area contributed by atoms with E-state index in [-0.39, 0.29) is 17.5 Å². The quantitative estimate of drug-likeness (QED) is 0.842. The maximum Gasteiger partial charge on any atom is 0.358 e. The Balaban J connectivity index is 2.06. The molecule has 0 saturated carbocycles. The van der Waals surface area contributed by atoms with Gasteiger partial charge in [0, 0.05) is 10.9 Å². The highest BCUT2D eigenvalue weighted by Gasteiger charge is 2.28. The van der Waals surface area contributed by atoms with Crippen LogP contribution in [0.5, 0.6) is 0 Å². The molecule has 1 unspecified atom stereocenters. The van der Waals surface area contributed by atoms with Gasteiger partial charge < -0.3 is 10.1 Å². The van der Waals surface area contributed by atoms with Crippen molar-refractivity contribution >= 4 is 32.3 Å². The molecule has 106 valence electrons. The number of ether oxygens (including phenoxy) is 1. The Morgan fingerprint density at radius 1 is 1.58 bits per heavy atom. The highest BCUT2D eigenvalue weighted by molar-refractivity contribution is 7.91. The van der Waals surface area contributed by atoms with Gasteiger partial charge in [-0.05, 0) is 20.3 Å². The molecule has 2 heterocycles. The summed E-state index contributed by atoms with van der Waals surface area (Å²) in [5.74, 6) is -0.108. The van der Waals surface area contributed by atoms with E-state index in [1.807, 2.05) is 0 Å². The molecule has 0 spiro atoms. The van der Waals surface area contributed by atoms with Crippen molar-refractivity contribution < 1.29 is 17.9 Å². The number of anilines is 1. The second kappa shape index (κ2) is 5.46. The van der Waals surface area contributed by atoms with Crippen LogP contribution in [-0.2, 0) is 14.6 Å². The highest BCUT2D eigenvalue weighted by atomic mass is 32.2. The lowest BCUT2D eigenvalue weighted by Gasteiger charge is -2.08. The van der Waals surface area contributed by atoms with Gasteiger partial charge in [0.15, 0.2) is 20.7 Å².